The first-order valence-electron chi connectivity index (χ1n) is 20.9. The molecule has 18 nitrogen and oxygen atoms in total. The molecule has 2 aromatic carbocycles. The Kier molecular flexibility index (Phi) is 19.4. The topological polar surface area (TPSA) is 252 Å². The largest absolute Gasteiger partial charge is 0.377 e. The Bertz CT molecular complexity index is 2150. The normalized spacial score (nSPS) is 24.4. The van der Waals surface area contributed by atoms with Crippen molar-refractivity contribution in [1.82, 2.24) is 14.5 Å². The van der Waals surface area contributed by atoms with Gasteiger partial charge in [-0.25, -0.2) is 21.6 Å². The highest BCUT2D eigenvalue weighted by Gasteiger charge is 2.37. The molecule has 0 spiro atoms. The Morgan fingerprint density at radius 2 is 1.11 bits per heavy atom. The zero-order chi connectivity index (χ0) is 46.8. The maximum absolute atomic E-state index is 13.1. The number of halogens is 3. The summed E-state index contributed by atoms with van der Waals surface area (Å²) >= 11 is 11.2. The van der Waals surface area contributed by atoms with Gasteiger partial charge in [-0.15, -0.1) is 0 Å². The highest BCUT2D eigenvalue weighted by atomic mass is 35.7. The molecule has 2 heterocycles. The fourth-order valence-corrected chi connectivity index (χ4v) is 10.5. The lowest BCUT2D eigenvalue weighted by molar-refractivity contribution is -0.385. The van der Waals surface area contributed by atoms with Crippen molar-refractivity contribution in [3.8, 4) is 0 Å². The van der Waals surface area contributed by atoms with Crippen molar-refractivity contribution in [2.75, 3.05) is 39.5 Å². The first kappa shape index (κ1) is 52.4. The van der Waals surface area contributed by atoms with Crippen LogP contribution in [0.15, 0.2) is 46.2 Å². The molecule has 2 atom stereocenters. The lowest BCUT2D eigenvalue weighted by atomic mass is 9.85. The third kappa shape index (κ3) is 14.6. The SMILES string of the molecule is CC(C)[C@H]1COCCN1C(=O)C1CCC(N)CC1.CC(C)[C@H]1COCCN1C(=O)C1CCC(NS(=O)(=O)c2ccc(Cl)c([N+](=O)[O-])c2)CC1.O=[N+]([O-])c1cc(S(=O)(=O)Cl)ccc1Cl. The number of sulfonamides is 1. The number of nitrogens with two attached hydrogens (primary N) is 1. The van der Waals surface area contributed by atoms with Crippen molar-refractivity contribution in [3.63, 3.8) is 0 Å². The Morgan fingerprint density at radius 3 is 1.51 bits per heavy atom. The molecule has 2 aliphatic heterocycles. The van der Waals surface area contributed by atoms with Crippen LogP contribution >= 0.6 is 33.9 Å². The second-order valence-corrected chi connectivity index (χ2v) is 21.9. The summed E-state index contributed by atoms with van der Waals surface area (Å²) in [5.41, 5.74) is 4.96. The smallest absolute Gasteiger partial charge is 0.289 e. The van der Waals surface area contributed by atoms with Gasteiger partial charge < -0.3 is 25.0 Å². The van der Waals surface area contributed by atoms with Crippen LogP contribution in [0.25, 0.3) is 0 Å². The lowest BCUT2D eigenvalue weighted by Crippen LogP contribution is -2.53. The maximum Gasteiger partial charge on any atom is 0.289 e. The van der Waals surface area contributed by atoms with Gasteiger partial charge >= 0.3 is 0 Å². The number of nitrogens with one attached hydrogen (secondary N) is 1. The molecule has 4 fully saturated rings. The van der Waals surface area contributed by atoms with Crippen LogP contribution in [-0.4, -0.2) is 112 Å². The molecule has 63 heavy (non-hydrogen) atoms. The van der Waals surface area contributed by atoms with Crippen LogP contribution in [0, 0.1) is 43.9 Å². The van der Waals surface area contributed by atoms with Crippen molar-refractivity contribution >= 4 is 76.1 Å². The monoisotopic (exact) mass is 982 g/mol. The minimum atomic E-state index is -3.97. The average molecular weight is 984 g/mol. The van der Waals surface area contributed by atoms with Crippen LogP contribution in [0.4, 0.5) is 11.4 Å². The third-order valence-electron chi connectivity index (χ3n) is 11.8. The minimum Gasteiger partial charge on any atom is -0.377 e. The number of nitro groups is 2. The maximum atomic E-state index is 13.1. The average Bonchev–Trinajstić information content (AvgIpc) is 3.23. The second-order valence-electron chi connectivity index (χ2n) is 16.8. The Morgan fingerprint density at radius 1 is 0.714 bits per heavy atom. The van der Waals surface area contributed by atoms with Gasteiger partial charge in [0.25, 0.3) is 20.4 Å². The summed E-state index contributed by atoms with van der Waals surface area (Å²) in [5.74, 6) is 1.29. The highest BCUT2D eigenvalue weighted by molar-refractivity contribution is 8.13. The first-order valence-corrected chi connectivity index (χ1v) is 25.4. The van der Waals surface area contributed by atoms with Crippen molar-refractivity contribution in [1.29, 1.82) is 0 Å². The van der Waals surface area contributed by atoms with Gasteiger partial charge in [-0.1, -0.05) is 50.9 Å². The zero-order valence-corrected chi connectivity index (χ0v) is 39.6. The number of hydrogen-bond donors (Lipinski definition) is 2. The van der Waals surface area contributed by atoms with Gasteiger partial charge in [-0.2, -0.15) is 0 Å². The molecule has 352 valence electrons. The number of nitrogens with zero attached hydrogens (tertiary/aromatic N) is 4. The van der Waals surface area contributed by atoms with Gasteiger partial charge in [-0.05, 0) is 87.5 Å². The summed E-state index contributed by atoms with van der Waals surface area (Å²) in [6.07, 6.45) is 6.15. The third-order valence-corrected chi connectivity index (χ3v) is 15.3. The van der Waals surface area contributed by atoms with Gasteiger partial charge in [0.05, 0.1) is 58.1 Å². The van der Waals surface area contributed by atoms with E-state index in [9.17, 15) is 46.7 Å². The van der Waals surface area contributed by atoms with Gasteiger partial charge in [0.15, 0.2) is 0 Å². The number of amides is 2. The predicted molar refractivity (Wildman–Crippen MR) is 238 cm³/mol. The van der Waals surface area contributed by atoms with Gasteiger partial charge in [0, 0.05) is 59.8 Å². The Balaban J connectivity index is 0.000000230. The molecule has 2 amide bonds. The van der Waals surface area contributed by atoms with Crippen molar-refractivity contribution in [2.45, 2.75) is 113 Å². The molecular weight excluding hydrogens is 927 g/mol. The van der Waals surface area contributed by atoms with E-state index in [-0.39, 0.29) is 55.7 Å². The van der Waals surface area contributed by atoms with Crippen LogP contribution in [0.1, 0.15) is 79.1 Å². The fraction of sp³-hybridized carbons (Fsp3) is 0.650. The van der Waals surface area contributed by atoms with Gasteiger partial charge in [-0.3, -0.25) is 29.8 Å². The van der Waals surface area contributed by atoms with E-state index in [0.29, 0.717) is 82.4 Å². The molecule has 3 N–H and O–H groups in total. The fourth-order valence-electron chi connectivity index (χ4n) is 8.06. The van der Waals surface area contributed by atoms with Gasteiger partial charge in [0.2, 0.25) is 21.8 Å². The lowest BCUT2D eigenvalue weighted by Gasteiger charge is -2.41. The van der Waals surface area contributed by atoms with Crippen LogP contribution < -0.4 is 10.5 Å². The molecule has 2 aliphatic carbocycles. The first-order chi connectivity index (χ1) is 29.5. The van der Waals surface area contributed by atoms with E-state index in [1.54, 1.807) is 0 Å². The van der Waals surface area contributed by atoms with Crippen LogP contribution in [-0.2, 0) is 38.1 Å². The van der Waals surface area contributed by atoms with Crippen LogP contribution in [0.2, 0.25) is 10.0 Å². The number of nitro benzene ring substituents is 2. The summed E-state index contributed by atoms with van der Waals surface area (Å²) < 4.78 is 60.7. The number of carbonyl (C=O) groups is 2. The van der Waals surface area contributed by atoms with E-state index in [1.165, 1.54) is 12.1 Å². The van der Waals surface area contributed by atoms with E-state index in [1.807, 2.05) is 4.90 Å². The van der Waals surface area contributed by atoms with Crippen molar-refractivity contribution in [2.24, 2.45) is 29.4 Å². The molecule has 2 saturated carbocycles. The molecule has 2 saturated heterocycles. The van der Waals surface area contributed by atoms with E-state index in [4.69, 9.17) is 49.1 Å². The molecule has 23 heteroatoms. The van der Waals surface area contributed by atoms with Crippen molar-refractivity contribution in [3.05, 3.63) is 66.7 Å². The quantitative estimate of drug-likeness (QED) is 0.146. The Labute approximate surface area is 383 Å². The van der Waals surface area contributed by atoms with Crippen molar-refractivity contribution < 1.29 is 45.7 Å². The molecular formula is C40H57Cl3N6O12S2. The minimum absolute atomic E-state index is 0.0678. The number of carbonyl (C=O) groups excluding carboxylic acids is 2. The standard InChI is InChI=1S/C20H28ClN3O6S.C14H26N2O2.C6H3Cl2NO4S/c1-13(2)19-12-30-10-9-23(19)20(25)14-3-5-15(6-4-14)22-31(28,29)16-7-8-17(21)18(11-16)24(26)27;1-10(2)13-9-18-8-7-16(13)14(17)11-3-5-12(15)6-4-11;7-5-2-1-4(14(8,12)13)3-6(5)9(10)11/h7-8,11,13-15,19,22H,3-6,9-10,12H2,1-2H3;10-13H,3-9,15H2,1-2H3;1-3H/t14?,15?,19-;11?,12?,13-;/m11./s1. The summed E-state index contributed by atoms with van der Waals surface area (Å²) in [6, 6.07) is 6.73. The number of rotatable bonds is 10. The molecule has 2 aromatic rings. The van der Waals surface area contributed by atoms with Crippen LogP contribution in [0.5, 0.6) is 0 Å². The van der Waals surface area contributed by atoms with Crippen LogP contribution in [0.3, 0.4) is 0 Å². The Hall–Kier alpha value is -3.21. The second kappa shape index (κ2) is 23.3. The summed E-state index contributed by atoms with van der Waals surface area (Å²) in [5, 5.41) is 21.2. The molecule has 0 bridgehead atoms. The summed E-state index contributed by atoms with van der Waals surface area (Å²) in [7, 11) is -2.91. The molecule has 4 aliphatic rings. The molecule has 0 radical (unpaired) electrons. The molecule has 6 rings (SSSR count). The predicted octanol–water partition coefficient (Wildman–Crippen LogP) is 6.53. The van der Waals surface area contributed by atoms with E-state index in [2.05, 4.69) is 37.3 Å². The van der Waals surface area contributed by atoms with Gasteiger partial charge in [0.1, 0.15) is 10.0 Å². The summed E-state index contributed by atoms with van der Waals surface area (Å²) in [4.78, 5) is 49.1. The number of hydrogen-bond acceptors (Lipinski definition) is 13. The summed E-state index contributed by atoms with van der Waals surface area (Å²) in [6.45, 7) is 12.3. The molecule has 0 aromatic heterocycles. The van der Waals surface area contributed by atoms with E-state index in [0.717, 1.165) is 56.5 Å². The number of benzene rings is 2. The zero-order valence-electron chi connectivity index (χ0n) is 35.7. The molecule has 0 unspecified atom stereocenters. The van der Waals surface area contributed by atoms with E-state index >= 15 is 0 Å². The number of ether oxygens (including phenoxy) is 2. The number of morpholine rings is 2. The highest BCUT2D eigenvalue weighted by Crippen LogP contribution is 2.32. The van der Waals surface area contributed by atoms with E-state index < -0.39 is 40.3 Å².